The third-order valence-corrected chi connectivity index (χ3v) is 3.58. The van der Waals surface area contributed by atoms with Gasteiger partial charge in [0.05, 0.1) is 11.6 Å². The summed E-state index contributed by atoms with van der Waals surface area (Å²) in [5, 5.41) is 3.33. The zero-order valence-corrected chi connectivity index (χ0v) is 10.8. The first-order valence-corrected chi connectivity index (χ1v) is 6.25. The summed E-state index contributed by atoms with van der Waals surface area (Å²) in [5.74, 6) is 0.399. The second-order valence-electron chi connectivity index (χ2n) is 4.06. The van der Waals surface area contributed by atoms with E-state index in [0.29, 0.717) is 10.4 Å². The summed E-state index contributed by atoms with van der Waals surface area (Å²) in [6, 6.07) is 3.54. The number of hydrogen-bond acceptors (Lipinski definition) is 2. The van der Waals surface area contributed by atoms with Crippen molar-refractivity contribution in [1.82, 2.24) is 5.32 Å². The molecule has 1 aromatic carbocycles. The van der Waals surface area contributed by atoms with Crippen molar-refractivity contribution in [2.75, 3.05) is 20.2 Å². The minimum Gasteiger partial charge on any atom is -0.492 e. The van der Waals surface area contributed by atoms with Crippen LogP contribution in [0.4, 0.5) is 4.39 Å². The van der Waals surface area contributed by atoms with Crippen LogP contribution in [-0.4, -0.2) is 20.2 Å². The number of nitrogens with one attached hydrogen (secondary N) is 1. The van der Waals surface area contributed by atoms with Crippen LogP contribution in [0.5, 0.6) is 5.75 Å². The molecule has 1 saturated heterocycles. The van der Waals surface area contributed by atoms with Gasteiger partial charge in [-0.05, 0) is 58.9 Å². The fraction of sp³-hybridized carbons (Fsp3) is 0.500. The molecule has 0 amide bonds. The average molecular weight is 288 g/mol. The third kappa shape index (κ3) is 2.38. The summed E-state index contributed by atoms with van der Waals surface area (Å²) in [7, 11) is 1.48. The molecule has 0 aliphatic carbocycles. The lowest BCUT2D eigenvalue weighted by Gasteiger charge is -2.23. The quantitative estimate of drug-likeness (QED) is 0.903. The van der Waals surface area contributed by atoms with Crippen LogP contribution in [0.3, 0.4) is 0 Å². The highest BCUT2D eigenvalue weighted by Crippen LogP contribution is 2.33. The second kappa shape index (κ2) is 5.15. The van der Waals surface area contributed by atoms with Gasteiger partial charge in [-0.1, -0.05) is 0 Å². The monoisotopic (exact) mass is 287 g/mol. The Labute approximate surface area is 103 Å². The van der Waals surface area contributed by atoms with Crippen molar-refractivity contribution < 1.29 is 9.13 Å². The van der Waals surface area contributed by atoms with Gasteiger partial charge in [-0.3, -0.25) is 0 Å². The average Bonchev–Trinajstić information content (AvgIpc) is 2.30. The van der Waals surface area contributed by atoms with E-state index in [1.165, 1.54) is 7.11 Å². The SMILES string of the molecule is COc1c(F)cc(C2CCCNC2)cc1Br. The van der Waals surface area contributed by atoms with E-state index in [1.54, 1.807) is 6.07 Å². The zero-order valence-electron chi connectivity index (χ0n) is 9.22. The van der Waals surface area contributed by atoms with Crippen LogP contribution in [0, 0.1) is 5.82 Å². The highest BCUT2D eigenvalue weighted by atomic mass is 79.9. The number of rotatable bonds is 2. The predicted molar refractivity (Wildman–Crippen MR) is 65.5 cm³/mol. The number of benzene rings is 1. The number of hydrogen-bond donors (Lipinski definition) is 1. The van der Waals surface area contributed by atoms with Gasteiger partial charge in [-0.2, -0.15) is 0 Å². The minimum absolute atomic E-state index is 0.285. The van der Waals surface area contributed by atoms with Crippen molar-refractivity contribution in [2.45, 2.75) is 18.8 Å². The lowest BCUT2D eigenvalue weighted by atomic mass is 9.91. The Morgan fingerprint density at radius 2 is 2.31 bits per heavy atom. The van der Waals surface area contributed by atoms with Gasteiger partial charge >= 0.3 is 0 Å². The van der Waals surface area contributed by atoms with E-state index in [-0.39, 0.29) is 11.6 Å². The molecule has 88 valence electrons. The highest BCUT2D eigenvalue weighted by Gasteiger charge is 2.18. The van der Waals surface area contributed by atoms with Crippen LogP contribution in [0.15, 0.2) is 16.6 Å². The molecule has 1 heterocycles. The summed E-state index contributed by atoms with van der Waals surface area (Å²) in [6.45, 7) is 1.99. The molecule has 1 aromatic rings. The summed E-state index contributed by atoms with van der Waals surface area (Å²) in [6.07, 6.45) is 2.27. The van der Waals surface area contributed by atoms with E-state index < -0.39 is 0 Å². The molecule has 0 bridgehead atoms. The highest BCUT2D eigenvalue weighted by molar-refractivity contribution is 9.10. The Kier molecular flexibility index (Phi) is 3.82. The molecule has 1 N–H and O–H groups in total. The first kappa shape index (κ1) is 11.9. The van der Waals surface area contributed by atoms with Gasteiger partial charge in [0.1, 0.15) is 0 Å². The van der Waals surface area contributed by atoms with Crippen molar-refractivity contribution in [3.05, 3.63) is 28.0 Å². The fourth-order valence-corrected chi connectivity index (χ4v) is 2.76. The molecule has 2 rings (SSSR count). The van der Waals surface area contributed by atoms with Crippen molar-refractivity contribution >= 4 is 15.9 Å². The topological polar surface area (TPSA) is 21.3 Å². The van der Waals surface area contributed by atoms with E-state index in [9.17, 15) is 4.39 Å². The molecule has 1 aliphatic rings. The number of piperidine rings is 1. The van der Waals surface area contributed by atoms with E-state index in [4.69, 9.17) is 4.74 Å². The first-order valence-electron chi connectivity index (χ1n) is 5.46. The van der Waals surface area contributed by atoms with Gasteiger partial charge in [0.25, 0.3) is 0 Å². The molecule has 0 aromatic heterocycles. The molecule has 1 atom stereocenters. The van der Waals surface area contributed by atoms with Crippen LogP contribution in [0.2, 0.25) is 0 Å². The molecule has 0 spiro atoms. The van der Waals surface area contributed by atoms with Gasteiger partial charge < -0.3 is 10.1 Å². The first-order chi connectivity index (χ1) is 7.72. The molecule has 1 fully saturated rings. The third-order valence-electron chi connectivity index (χ3n) is 2.99. The normalized spacial score (nSPS) is 20.8. The van der Waals surface area contributed by atoms with Crippen LogP contribution in [-0.2, 0) is 0 Å². The van der Waals surface area contributed by atoms with Crippen molar-refractivity contribution in [3.8, 4) is 5.75 Å². The maximum atomic E-state index is 13.7. The van der Waals surface area contributed by atoms with E-state index in [2.05, 4.69) is 21.2 Å². The van der Waals surface area contributed by atoms with E-state index in [1.807, 2.05) is 6.07 Å². The second-order valence-corrected chi connectivity index (χ2v) is 4.92. The largest absolute Gasteiger partial charge is 0.492 e. The van der Waals surface area contributed by atoms with Gasteiger partial charge in [0.15, 0.2) is 11.6 Å². The maximum absolute atomic E-state index is 13.7. The van der Waals surface area contributed by atoms with E-state index in [0.717, 1.165) is 31.5 Å². The number of methoxy groups -OCH3 is 1. The standard InChI is InChI=1S/C12H15BrFNO/c1-16-12-10(13)5-9(6-11(12)14)8-3-2-4-15-7-8/h5-6,8,15H,2-4,7H2,1H3. The van der Waals surface area contributed by atoms with Gasteiger partial charge in [-0.15, -0.1) is 0 Å². The van der Waals surface area contributed by atoms with Crippen molar-refractivity contribution in [2.24, 2.45) is 0 Å². The lowest BCUT2D eigenvalue weighted by molar-refractivity contribution is 0.382. The molecule has 2 nitrogen and oxygen atoms in total. The van der Waals surface area contributed by atoms with Gasteiger partial charge in [-0.25, -0.2) is 4.39 Å². The van der Waals surface area contributed by atoms with E-state index >= 15 is 0 Å². The molecule has 16 heavy (non-hydrogen) atoms. The Morgan fingerprint density at radius 1 is 1.50 bits per heavy atom. The van der Waals surface area contributed by atoms with Crippen LogP contribution < -0.4 is 10.1 Å². The van der Waals surface area contributed by atoms with Crippen LogP contribution in [0.1, 0.15) is 24.3 Å². The molecule has 1 unspecified atom stereocenters. The Balaban J connectivity index is 2.28. The predicted octanol–water partition coefficient (Wildman–Crippen LogP) is 3.06. The smallest absolute Gasteiger partial charge is 0.168 e. The summed E-state index contributed by atoms with van der Waals surface area (Å²) in [5.41, 5.74) is 1.04. The minimum atomic E-state index is -0.294. The van der Waals surface area contributed by atoms with Crippen LogP contribution >= 0.6 is 15.9 Å². The maximum Gasteiger partial charge on any atom is 0.168 e. The lowest BCUT2D eigenvalue weighted by Crippen LogP contribution is -2.28. The Morgan fingerprint density at radius 3 is 2.88 bits per heavy atom. The fourth-order valence-electron chi connectivity index (χ4n) is 2.15. The Hall–Kier alpha value is -0.610. The summed E-state index contributed by atoms with van der Waals surface area (Å²) in [4.78, 5) is 0. The molecular formula is C12H15BrFNO. The number of ether oxygens (including phenoxy) is 1. The zero-order chi connectivity index (χ0) is 11.5. The molecule has 0 radical (unpaired) electrons. The molecule has 0 saturated carbocycles. The van der Waals surface area contributed by atoms with Crippen molar-refractivity contribution in [3.63, 3.8) is 0 Å². The van der Waals surface area contributed by atoms with Crippen LogP contribution in [0.25, 0.3) is 0 Å². The Bertz CT molecular complexity index is 354. The summed E-state index contributed by atoms with van der Waals surface area (Å²) < 4.78 is 19.4. The number of halogens is 2. The molecular weight excluding hydrogens is 273 g/mol. The van der Waals surface area contributed by atoms with Gasteiger partial charge in [0, 0.05) is 6.54 Å². The molecule has 4 heteroatoms. The molecule has 1 aliphatic heterocycles. The van der Waals surface area contributed by atoms with Crippen molar-refractivity contribution in [1.29, 1.82) is 0 Å². The van der Waals surface area contributed by atoms with Gasteiger partial charge in [0.2, 0.25) is 0 Å². The summed E-state index contributed by atoms with van der Waals surface area (Å²) >= 11 is 3.34.